The van der Waals surface area contributed by atoms with Crippen molar-refractivity contribution in [2.24, 2.45) is 0 Å². The van der Waals surface area contributed by atoms with Crippen molar-refractivity contribution >= 4 is 28.3 Å². The second kappa shape index (κ2) is 5.52. The molecule has 27 heavy (non-hydrogen) atoms. The van der Waals surface area contributed by atoms with Crippen LogP contribution in [0.3, 0.4) is 0 Å². The smallest absolute Gasteiger partial charge is 0.237 e. The molecule has 0 saturated heterocycles. The summed E-state index contributed by atoms with van der Waals surface area (Å²) >= 11 is 0. The molecule has 0 atom stereocenters. The van der Waals surface area contributed by atoms with E-state index in [0.29, 0.717) is 0 Å². The lowest BCUT2D eigenvalue weighted by molar-refractivity contribution is -0.125. The lowest BCUT2D eigenvalue weighted by Crippen LogP contribution is -2.43. The molecule has 3 aromatic rings. The fraction of sp³-hybridized carbons (Fsp3) is 0.318. The number of carbonyl (C=O) groups is 1. The lowest BCUT2D eigenvalue weighted by Gasteiger charge is -2.37. The summed E-state index contributed by atoms with van der Waals surface area (Å²) in [5.41, 5.74) is 4.92. The Hall–Kier alpha value is -2.95. The predicted molar refractivity (Wildman–Crippen MR) is 108 cm³/mol. The summed E-state index contributed by atoms with van der Waals surface area (Å²) in [6.45, 7) is 0. The van der Waals surface area contributed by atoms with E-state index in [1.165, 1.54) is 5.56 Å². The summed E-state index contributed by atoms with van der Waals surface area (Å²) in [6.07, 6.45) is 6.74. The molecule has 1 amide bonds. The minimum atomic E-state index is -0.336. The van der Waals surface area contributed by atoms with Crippen LogP contribution in [0.5, 0.6) is 0 Å². The number of nitrogens with zero attached hydrogens (tertiary/aromatic N) is 4. The molecule has 1 aliphatic heterocycles. The molecule has 1 aromatic carbocycles. The average Bonchev–Trinajstić information content (AvgIpc) is 2.89. The maximum absolute atomic E-state index is 12.9. The molecule has 5 heteroatoms. The minimum Gasteiger partial charge on any atom is -0.363 e. The fourth-order valence-electron chi connectivity index (χ4n) is 4.47. The minimum absolute atomic E-state index is 0.223. The molecular weight excluding hydrogens is 336 g/mol. The molecule has 5 rings (SSSR count). The number of likely N-dealkylation sites (N-methyl/N-ethyl adjacent to an activating group) is 1. The van der Waals surface area contributed by atoms with Gasteiger partial charge in [-0.05, 0) is 42.7 Å². The normalized spacial score (nSPS) is 17.3. The van der Waals surface area contributed by atoms with E-state index in [4.69, 9.17) is 0 Å². The number of amides is 1. The van der Waals surface area contributed by atoms with Crippen LogP contribution in [-0.2, 0) is 10.2 Å². The Morgan fingerprint density at radius 2 is 1.81 bits per heavy atom. The first-order valence-corrected chi connectivity index (χ1v) is 9.36. The second-order valence-corrected chi connectivity index (χ2v) is 7.85. The monoisotopic (exact) mass is 358 g/mol. The summed E-state index contributed by atoms with van der Waals surface area (Å²) in [4.78, 5) is 25.9. The Bertz CT molecular complexity index is 1070. The Balaban J connectivity index is 1.69. The molecule has 136 valence electrons. The third kappa shape index (κ3) is 2.14. The van der Waals surface area contributed by atoms with E-state index >= 15 is 0 Å². The summed E-state index contributed by atoms with van der Waals surface area (Å²) in [5.74, 6) is 1.16. The van der Waals surface area contributed by atoms with E-state index < -0.39 is 0 Å². The number of rotatable bonds is 2. The summed E-state index contributed by atoms with van der Waals surface area (Å²) in [7, 11) is 5.84. The van der Waals surface area contributed by atoms with Crippen LogP contribution in [0.25, 0.3) is 22.0 Å². The van der Waals surface area contributed by atoms with Gasteiger partial charge in [-0.2, -0.15) is 0 Å². The summed E-state index contributed by atoms with van der Waals surface area (Å²) < 4.78 is 0. The first-order valence-electron chi connectivity index (χ1n) is 9.36. The molecule has 1 spiro atoms. The van der Waals surface area contributed by atoms with E-state index in [0.717, 1.165) is 52.8 Å². The predicted octanol–water partition coefficient (Wildman–Crippen LogP) is 3.76. The van der Waals surface area contributed by atoms with Gasteiger partial charge >= 0.3 is 0 Å². The first-order chi connectivity index (χ1) is 13.0. The van der Waals surface area contributed by atoms with Crippen molar-refractivity contribution in [1.29, 1.82) is 0 Å². The van der Waals surface area contributed by atoms with Gasteiger partial charge in [-0.1, -0.05) is 12.5 Å². The topological polar surface area (TPSA) is 49.3 Å². The third-order valence-corrected chi connectivity index (χ3v) is 6.15. The van der Waals surface area contributed by atoms with Crippen LogP contribution in [0.4, 0.5) is 11.5 Å². The molecule has 0 unspecified atom stereocenters. The Morgan fingerprint density at radius 3 is 2.44 bits per heavy atom. The zero-order valence-electron chi connectivity index (χ0n) is 15.9. The van der Waals surface area contributed by atoms with Gasteiger partial charge < -0.3 is 9.80 Å². The van der Waals surface area contributed by atoms with E-state index in [-0.39, 0.29) is 11.3 Å². The largest absolute Gasteiger partial charge is 0.363 e. The standard InChI is InChI=1S/C22H22N4O/c1-25(2)19-8-6-15(12-24-19)14-5-7-17-16(11-14)20-18(13-23-17)26(3)21(27)22(20)9-4-10-22/h5-8,11-13H,4,9-10H2,1-3H3. The van der Waals surface area contributed by atoms with Gasteiger partial charge in [-0.15, -0.1) is 0 Å². The highest BCUT2D eigenvalue weighted by Crippen LogP contribution is 2.55. The van der Waals surface area contributed by atoms with Gasteiger partial charge in [-0.25, -0.2) is 4.98 Å². The van der Waals surface area contributed by atoms with Crippen molar-refractivity contribution in [2.75, 3.05) is 30.9 Å². The zero-order valence-corrected chi connectivity index (χ0v) is 15.9. The number of fused-ring (bicyclic) bond motifs is 4. The molecule has 0 radical (unpaired) electrons. The van der Waals surface area contributed by atoms with Crippen LogP contribution in [0.15, 0.2) is 42.7 Å². The molecule has 0 N–H and O–H groups in total. The molecule has 5 nitrogen and oxygen atoms in total. The van der Waals surface area contributed by atoms with E-state index in [1.807, 2.05) is 44.5 Å². The maximum Gasteiger partial charge on any atom is 0.237 e. The molecule has 0 bridgehead atoms. The third-order valence-electron chi connectivity index (χ3n) is 6.15. The van der Waals surface area contributed by atoms with Gasteiger partial charge in [0.1, 0.15) is 5.82 Å². The highest BCUT2D eigenvalue weighted by molar-refractivity contribution is 6.13. The van der Waals surface area contributed by atoms with Crippen LogP contribution in [0, 0.1) is 0 Å². The molecular formula is C22H22N4O. The molecule has 2 aromatic heterocycles. The highest BCUT2D eigenvalue weighted by atomic mass is 16.2. The van der Waals surface area contributed by atoms with Crippen LogP contribution in [-0.4, -0.2) is 37.0 Å². The number of aromatic nitrogens is 2. The number of hydrogen-bond donors (Lipinski definition) is 0. The van der Waals surface area contributed by atoms with Crippen molar-refractivity contribution < 1.29 is 4.79 Å². The van der Waals surface area contributed by atoms with Crippen molar-refractivity contribution in [3.05, 3.63) is 48.3 Å². The van der Waals surface area contributed by atoms with Crippen molar-refractivity contribution in [2.45, 2.75) is 24.7 Å². The van der Waals surface area contributed by atoms with Crippen molar-refractivity contribution in [1.82, 2.24) is 9.97 Å². The van der Waals surface area contributed by atoms with Crippen LogP contribution >= 0.6 is 0 Å². The Morgan fingerprint density at radius 1 is 1.04 bits per heavy atom. The number of pyridine rings is 2. The average molecular weight is 358 g/mol. The van der Waals surface area contributed by atoms with Gasteiger partial charge in [0.25, 0.3) is 0 Å². The number of carbonyl (C=O) groups excluding carboxylic acids is 1. The maximum atomic E-state index is 12.9. The quantitative estimate of drug-likeness (QED) is 0.700. The summed E-state index contributed by atoms with van der Waals surface area (Å²) in [5, 5.41) is 1.10. The van der Waals surface area contributed by atoms with Crippen LogP contribution < -0.4 is 9.80 Å². The van der Waals surface area contributed by atoms with Crippen molar-refractivity contribution in [3.8, 4) is 11.1 Å². The highest BCUT2D eigenvalue weighted by Gasteiger charge is 2.54. The fourth-order valence-corrected chi connectivity index (χ4v) is 4.47. The van der Waals surface area contributed by atoms with Gasteiger partial charge in [0, 0.05) is 43.9 Å². The zero-order chi connectivity index (χ0) is 18.8. The van der Waals surface area contributed by atoms with Crippen LogP contribution in [0.2, 0.25) is 0 Å². The summed E-state index contributed by atoms with van der Waals surface area (Å²) in [6, 6.07) is 10.4. The van der Waals surface area contributed by atoms with Gasteiger partial charge in [0.15, 0.2) is 0 Å². The van der Waals surface area contributed by atoms with E-state index in [9.17, 15) is 4.79 Å². The lowest BCUT2D eigenvalue weighted by atomic mass is 9.64. The van der Waals surface area contributed by atoms with Gasteiger partial charge in [-0.3, -0.25) is 9.78 Å². The van der Waals surface area contributed by atoms with E-state index in [1.54, 1.807) is 4.90 Å². The number of benzene rings is 1. The number of anilines is 2. The SMILES string of the molecule is CN(C)c1ccc(-c2ccc3ncc4c(c3c2)C2(CCC2)C(=O)N4C)cn1. The Kier molecular flexibility index (Phi) is 3.32. The molecule has 2 aliphatic rings. The van der Waals surface area contributed by atoms with E-state index in [2.05, 4.69) is 34.2 Å². The Labute approximate surface area is 158 Å². The van der Waals surface area contributed by atoms with Crippen molar-refractivity contribution in [3.63, 3.8) is 0 Å². The van der Waals surface area contributed by atoms with Gasteiger partial charge in [0.2, 0.25) is 5.91 Å². The molecule has 1 saturated carbocycles. The van der Waals surface area contributed by atoms with Gasteiger partial charge in [0.05, 0.1) is 22.8 Å². The molecule has 1 aliphatic carbocycles. The molecule has 3 heterocycles. The second-order valence-electron chi connectivity index (χ2n) is 7.85. The first kappa shape index (κ1) is 16.2. The van der Waals surface area contributed by atoms with Crippen LogP contribution in [0.1, 0.15) is 24.8 Å². The molecule has 1 fully saturated rings. The number of hydrogen-bond acceptors (Lipinski definition) is 4.